The molecule has 46 heavy (non-hydrogen) atoms. The van der Waals surface area contributed by atoms with Gasteiger partial charge in [-0.15, -0.1) is 0 Å². The van der Waals surface area contributed by atoms with Gasteiger partial charge < -0.3 is 19.1 Å². The van der Waals surface area contributed by atoms with Crippen molar-refractivity contribution in [3.05, 3.63) is 83.8 Å². The van der Waals surface area contributed by atoms with Crippen molar-refractivity contribution in [1.82, 2.24) is 43.7 Å². The van der Waals surface area contributed by atoms with E-state index >= 15 is 0 Å². The number of hydrogen-bond acceptors (Lipinski definition) is 7. The van der Waals surface area contributed by atoms with Crippen LogP contribution in [0.15, 0.2) is 61.2 Å². The van der Waals surface area contributed by atoms with E-state index in [-0.39, 0.29) is 11.8 Å². The predicted octanol–water partition coefficient (Wildman–Crippen LogP) is 4.05. The van der Waals surface area contributed by atoms with Gasteiger partial charge in [-0.25, -0.2) is 14.5 Å². The van der Waals surface area contributed by atoms with Crippen LogP contribution in [-0.4, -0.2) is 88.3 Å². The second-order valence-corrected chi connectivity index (χ2v) is 12.0. The second kappa shape index (κ2) is 13.2. The maximum Gasteiger partial charge on any atom is 0.274 e. The number of aryl methyl sites for hydroxylation is 3. The van der Waals surface area contributed by atoms with Crippen LogP contribution in [-0.2, 0) is 26.4 Å². The Morgan fingerprint density at radius 3 is 2.54 bits per heavy atom. The molecule has 238 valence electrons. The van der Waals surface area contributed by atoms with Gasteiger partial charge >= 0.3 is 0 Å². The second-order valence-electron chi connectivity index (χ2n) is 12.0. The molecule has 0 saturated heterocycles. The number of benzene rings is 1. The Hall–Kier alpha value is -5.00. The first-order valence-corrected chi connectivity index (χ1v) is 16.2. The van der Waals surface area contributed by atoms with E-state index in [9.17, 15) is 9.59 Å². The summed E-state index contributed by atoms with van der Waals surface area (Å²) >= 11 is 0. The third kappa shape index (κ3) is 5.99. The molecule has 1 aliphatic heterocycles. The normalized spacial score (nSPS) is 16.4. The summed E-state index contributed by atoms with van der Waals surface area (Å²) in [6.07, 6.45) is 13.3. The fourth-order valence-electron chi connectivity index (χ4n) is 6.65. The average Bonchev–Trinajstić information content (AvgIpc) is 3.80. The Balaban J connectivity index is 1.16. The molecule has 2 amide bonds. The average molecular weight is 622 g/mol. The minimum absolute atomic E-state index is 0.0350. The minimum Gasteiger partial charge on any atom is -0.492 e. The maximum atomic E-state index is 14.2. The SMILES string of the molecule is Cn1nc2c(c1C(=O)N1CCCCN(C(=O)c3cnc4cccnn34)CCOc3cccc(c3)-c3nccn3CCC1)CCCC2. The van der Waals surface area contributed by atoms with E-state index in [0.29, 0.717) is 44.1 Å². The largest absolute Gasteiger partial charge is 0.492 e. The monoisotopic (exact) mass is 621 g/mol. The van der Waals surface area contributed by atoms with Gasteiger partial charge in [0, 0.05) is 62.9 Å². The molecular weight excluding hydrogens is 582 g/mol. The van der Waals surface area contributed by atoms with Crippen LogP contribution in [0.2, 0.25) is 0 Å². The molecule has 0 radical (unpaired) electrons. The van der Waals surface area contributed by atoms with Crippen LogP contribution in [0, 0.1) is 0 Å². The van der Waals surface area contributed by atoms with Gasteiger partial charge in [0.05, 0.1) is 18.4 Å². The van der Waals surface area contributed by atoms with Gasteiger partial charge in [-0.2, -0.15) is 10.2 Å². The summed E-state index contributed by atoms with van der Waals surface area (Å²) in [5.41, 5.74) is 4.87. The van der Waals surface area contributed by atoms with Crippen LogP contribution in [0.1, 0.15) is 64.3 Å². The molecule has 2 aliphatic rings. The number of imidazole rings is 2. The van der Waals surface area contributed by atoms with Gasteiger partial charge in [-0.3, -0.25) is 14.3 Å². The van der Waals surface area contributed by atoms with Crippen LogP contribution < -0.4 is 4.74 Å². The van der Waals surface area contributed by atoms with E-state index in [2.05, 4.69) is 19.6 Å². The smallest absolute Gasteiger partial charge is 0.274 e. The minimum atomic E-state index is -0.155. The quantitative estimate of drug-likeness (QED) is 0.292. The number of amides is 2. The van der Waals surface area contributed by atoms with E-state index in [1.807, 2.05) is 54.7 Å². The lowest BCUT2D eigenvalue weighted by molar-refractivity contribution is 0.0695. The lowest BCUT2D eigenvalue weighted by atomic mass is 9.95. The first-order chi connectivity index (χ1) is 22.6. The highest BCUT2D eigenvalue weighted by Gasteiger charge is 2.28. The Bertz CT molecular complexity index is 1860. The van der Waals surface area contributed by atoms with E-state index in [0.717, 1.165) is 85.6 Å². The van der Waals surface area contributed by atoms with Gasteiger partial charge in [0.25, 0.3) is 11.8 Å². The van der Waals surface area contributed by atoms with Crippen molar-refractivity contribution in [2.75, 3.05) is 32.8 Å². The van der Waals surface area contributed by atoms with Crippen molar-refractivity contribution >= 4 is 17.5 Å². The van der Waals surface area contributed by atoms with Crippen molar-refractivity contribution in [1.29, 1.82) is 0 Å². The fraction of sp³-hybridized carbons (Fsp3) is 0.412. The van der Waals surface area contributed by atoms with Crippen molar-refractivity contribution in [3.63, 3.8) is 0 Å². The van der Waals surface area contributed by atoms with Gasteiger partial charge in [0.2, 0.25) is 0 Å². The summed E-state index contributed by atoms with van der Waals surface area (Å²) in [7, 11) is 1.89. The Morgan fingerprint density at radius 2 is 1.65 bits per heavy atom. The highest BCUT2D eigenvalue weighted by molar-refractivity contribution is 5.94. The van der Waals surface area contributed by atoms with Gasteiger partial charge in [-0.05, 0) is 69.2 Å². The molecular formula is C34H39N9O3. The van der Waals surface area contributed by atoms with Crippen LogP contribution in [0.3, 0.4) is 0 Å². The van der Waals surface area contributed by atoms with Gasteiger partial charge in [-0.1, -0.05) is 12.1 Å². The molecule has 4 aromatic heterocycles. The zero-order valence-electron chi connectivity index (χ0n) is 26.2. The molecule has 1 aromatic carbocycles. The molecule has 5 aromatic rings. The molecule has 5 heterocycles. The molecule has 0 atom stereocenters. The highest BCUT2D eigenvalue weighted by atomic mass is 16.5. The number of aromatic nitrogens is 7. The predicted molar refractivity (Wildman–Crippen MR) is 172 cm³/mol. The first kappa shape index (κ1) is 29.7. The lowest BCUT2D eigenvalue weighted by Gasteiger charge is -2.26. The maximum absolute atomic E-state index is 14.2. The van der Waals surface area contributed by atoms with Crippen molar-refractivity contribution < 1.29 is 14.3 Å². The molecule has 2 bridgehead atoms. The summed E-state index contributed by atoms with van der Waals surface area (Å²) in [4.78, 5) is 40.8. The molecule has 0 fully saturated rings. The summed E-state index contributed by atoms with van der Waals surface area (Å²) in [6.45, 7) is 3.15. The molecule has 0 saturated carbocycles. The summed E-state index contributed by atoms with van der Waals surface area (Å²) in [5, 5.41) is 9.07. The van der Waals surface area contributed by atoms with E-state index in [4.69, 9.17) is 9.84 Å². The van der Waals surface area contributed by atoms with Crippen LogP contribution in [0.4, 0.5) is 0 Å². The van der Waals surface area contributed by atoms with E-state index < -0.39 is 0 Å². The molecule has 1 aliphatic carbocycles. The summed E-state index contributed by atoms with van der Waals surface area (Å²) in [5.74, 6) is 1.45. The highest BCUT2D eigenvalue weighted by Crippen LogP contribution is 2.26. The Kier molecular flexibility index (Phi) is 8.49. The molecule has 12 nitrogen and oxygen atoms in total. The number of rotatable bonds is 2. The summed E-state index contributed by atoms with van der Waals surface area (Å²) in [6, 6.07) is 11.5. The number of ether oxygens (including phenoxy) is 1. The van der Waals surface area contributed by atoms with Crippen molar-refractivity contribution in [2.24, 2.45) is 7.05 Å². The number of carbonyl (C=O) groups is 2. The third-order valence-electron chi connectivity index (χ3n) is 8.96. The van der Waals surface area contributed by atoms with Gasteiger partial charge in [0.15, 0.2) is 11.3 Å². The van der Waals surface area contributed by atoms with E-state index in [1.165, 1.54) is 0 Å². The topological polar surface area (TPSA) is 116 Å². The zero-order valence-corrected chi connectivity index (χ0v) is 26.2. The summed E-state index contributed by atoms with van der Waals surface area (Å²) < 4.78 is 11.7. The van der Waals surface area contributed by atoms with Gasteiger partial charge in [0.1, 0.15) is 23.9 Å². The lowest BCUT2D eigenvalue weighted by Crippen LogP contribution is -2.38. The first-order valence-electron chi connectivity index (χ1n) is 16.2. The van der Waals surface area contributed by atoms with Crippen LogP contribution in [0.25, 0.3) is 17.0 Å². The van der Waals surface area contributed by atoms with Crippen molar-refractivity contribution in [3.8, 4) is 17.1 Å². The third-order valence-corrected chi connectivity index (χ3v) is 8.96. The number of fused-ring (bicyclic) bond motifs is 6. The van der Waals surface area contributed by atoms with Crippen molar-refractivity contribution in [2.45, 2.75) is 51.5 Å². The Labute approximate surface area is 267 Å². The molecule has 12 heteroatoms. The standard InChI is InChI=1S/C34H39N9O3/c1-39-31(27-11-2-3-12-28(27)38-39)34(45)41-16-4-5-17-42(33(44)29-24-36-30-13-7-14-37-43(29)30)21-22-46-26-10-6-9-25(23-26)32-35-15-20-40(32)18-8-19-41/h6-7,9-10,13-15,20,23-24H,2-5,8,11-12,16-19,21-22H2,1H3. The molecule has 0 unspecified atom stereocenters. The fourth-order valence-corrected chi connectivity index (χ4v) is 6.65. The zero-order chi connectivity index (χ0) is 31.5. The number of nitrogens with zero attached hydrogens (tertiary/aromatic N) is 9. The van der Waals surface area contributed by atoms with Crippen LogP contribution >= 0.6 is 0 Å². The van der Waals surface area contributed by atoms with Crippen LogP contribution in [0.5, 0.6) is 5.75 Å². The molecule has 7 rings (SSSR count). The molecule has 0 spiro atoms. The number of hydrogen-bond donors (Lipinski definition) is 0. The number of carbonyl (C=O) groups excluding carboxylic acids is 2. The molecule has 0 N–H and O–H groups in total. The Morgan fingerprint density at radius 1 is 0.826 bits per heavy atom. The van der Waals surface area contributed by atoms with E-state index in [1.54, 1.807) is 32.6 Å².